The second kappa shape index (κ2) is 7.29. The van der Waals surface area contributed by atoms with Crippen LogP contribution in [-0.2, 0) is 0 Å². The summed E-state index contributed by atoms with van der Waals surface area (Å²) in [5, 5.41) is 13.9. The van der Waals surface area contributed by atoms with Gasteiger partial charge in [-0.15, -0.1) is 0 Å². The monoisotopic (exact) mass is 389 g/mol. The van der Waals surface area contributed by atoms with Crippen LogP contribution in [-0.4, -0.2) is 32.7 Å². The summed E-state index contributed by atoms with van der Waals surface area (Å²) in [6, 6.07) is 12.5. The average Bonchev–Trinajstić information content (AvgIpc) is 2.71. The fourth-order valence-electron chi connectivity index (χ4n) is 3.58. The molecule has 2 N–H and O–H groups in total. The number of aryl methyl sites for hydroxylation is 1. The molecular formula is C23H23N3O3. The molecular weight excluding hydrogens is 366 g/mol. The molecule has 0 fully saturated rings. The van der Waals surface area contributed by atoms with Gasteiger partial charge in [0.1, 0.15) is 17.5 Å². The number of hydrogen-bond donors (Lipinski definition) is 2. The molecule has 3 aromatic rings. The molecule has 2 atom stereocenters. The number of amides is 1. The fourth-order valence-corrected chi connectivity index (χ4v) is 3.58. The molecule has 0 bridgehead atoms. The number of hydrogen-bond acceptors (Lipinski definition) is 5. The Labute approximate surface area is 169 Å². The zero-order valence-electron chi connectivity index (χ0n) is 16.6. The molecule has 148 valence electrons. The fraction of sp³-hybridized carbons (Fsp3) is 0.261. The highest BCUT2D eigenvalue weighted by atomic mass is 16.5. The van der Waals surface area contributed by atoms with Crippen molar-refractivity contribution in [1.29, 1.82) is 0 Å². The van der Waals surface area contributed by atoms with Crippen molar-refractivity contribution in [2.24, 2.45) is 0 Å². The lowest BCUT2D eigenvalue weighted by molar-refractivity contribution is -0.0627. The second-order valence-corrected chi connectivity index (χ2v) is 7.78. The maximum absolute atomic E-state index is 12.8. The number of benzene rings is 1. The quantitative estimate of drug-likeness (QED) is 0.717. The van der Waals surface area contributed by atoms with Crippen molar-refractivity contribution in [3.05, 3.63) is 77.9 Å². The number of carbonyl (C=O) groups is 1. The second-order valence-electron chi connectivity index (χ2n) is 7.78. The van der Waals surface area contributed by atoms with E-state index in [-0.39, 0.29) is 5.91 Å². The number of nitrogens with zero attached hydrogens (tertiary/aromatic N) is 2. The maximum atomic E-state index is 12.8. The Kier molecular flexibility index (Phi) is 4.80. The Morgan fingerprint density at radius 1 is 1.14 bits per heavy atom. The van der Waals surface area contributed by atoms with Crippen LogP contribution in [0.4, 0.5) is 0 Å². The minimum Gasteiger partial charge on any atom is -0.485 e. The van der Waals surface area contributed by atoms with Crippen molar-refractivity contribution in [2.45, 2.75) is 38.5 Å². The van der Waals surface area contributed by atoms with Crippen LogP contribution in [0.5, 0.6) is 5.75 Å². The first-order valence-electron chi connectivity index (χ1n) is 9.50. The Bertz CT molecular complexity index is 1050. The highest BCUT2D eigenvalue weighted by molar-refractivity contribution is 5.94. The number of aromatic nitrogens is 2. The molecule has 4 rings (SSSR count). The van der Waals surface area contributed by atoms with Crippen molar-refractivity contribution in [2.75, 3.05) is 0 Å². The summed E-state index contributed by atoms with van der Waals surface area (Å²) in [7, 11) is 0. The summed E-state index contributed by atoms with van der Waals surface area (Å²) in [4.78, 5) is 21.0. The zero-order chi connectivity index (χ0) is 20.6. The SMILES string of the molecule is Cc1cc(-c2ccc3c(c2)C(NC(=O)c2cccnc2)C(O)C(C)(C)O3)ccn1. The number of pyridine rings is 2. The number of fused-ring (bicyclic) bond motifs is 1. The van der Waals surface area contributed by atoms with Crippen molar-refractivity contribution < 1.29 is 14.6 Å². The number of rotatable bonds is 3. The van der Waals surface area contributed by atoms with E-state index in [4.69, 9.17) is 4.74 Å². The van der Waals surface area contributed by atoms with Crippen molar-refractivity contribution >= 4 is 5.91 Å². The zero-order valence-corrected chi connectivity index (χ0v) is 16.6. The minimum atomic E-state index is -0.926. The molecule has 1 amide bonds. The van der Waals surface area contributed by atoms with Crippen LogP contribution in [0.25, 0.3) is 11.1 Å². The van der Waals surface area contributed by atoms with E-state index in [1.54, 1.807) is 24.5 Å². The van der Waals surface area contributed by atoms with E-state index < -0.39 is 17.7 Å². The lowest BCUT2D eigenvalue weighted by Crippen LogP contribution is -2.53. The van der Waals surface area contributed by atoms with Crippen molar-refractivity contribution in [3.63, 3.8) is 0 Å². The van der Waals surface area contributed by atoms with Crippen LogP contribution >= 0.6 is 0 Å². The lowest BCUT2D eigenvalue weighted by atomic mass is 9.85. The van der Waals surface area contributed by atoms with Crippen LogP contribution in [0.1, 0.15) is 41.5 Å². The number of carbonyl (C=O) groups excluding carboxylic acids is 1. The molecule has 3 heterocycles. The van der Waals surface area contributed by atoms with Crippen LogP contribution in [0.2, 0.25) is 0 Å². The van der Waals surface area contributed by atoms with Gasteiger partial charge in [-0.2, -0.15) is 0 Å². The number of nitrogens with one attached hydrogen (secondary N) is 1. The van der Waals surface area contributed by atoms with Gasteiger partial charge in [0.15, 0.2) is 0 Å². The van der Waals surface area contributed by atoms with Crippen LogP contribution in [0, 0.1) is 6.92 Å². The summed E-state index contributed by atoms with van der Waals surface area (Å²) in [5.74, 6) is 0.349. The van der Waals surface area contributed by atoms with Crippen molar-refractivity contribution in [1.82, 2.24) is 15.3 Å². The topological polar surface area (TPSA) is 84.3 Å². The first-order valence-corrected chi connectivity index (χ1v) is 9.50. The van der Waals surface area contributed by atoms with E-state index in [2.05, 4.69) is 15.3 Å². The normalized spacial score (nSPS) is 19.7. The van der Waals surface area contributed by atoms with Gasteiger partial charge in [0.25, 0.3) is 5.91 Å². The molecule has 2 aromatic heterocycles. The summed E-state index contributed by atoms with van der Waals surface area (Å²) in [6.45, 7) is 5.56. The molecule has 1 aromatic carbocycles. The van der Waals surface area contributed by atoms with Gasteiger partial charge in [0.2, 0.25) is 0 Å². The predicted molar refractivity (Wildman–Crippen MR) is 110 cm³/mol. The molecule has 29 heavy (non-hydrogen) atoms. The Balaban J connectivity index is 1.75. The van der Waals surface area contributed by atoms with E-state index in [9.17, 15) is 9.90 Å². The first-order chi connectivity index (χ1) is 13.8. The predicted octanol–water partition coefficient (Wildman–Crippen LogP) is 3.46. The summed E-state index contributed by atoms with van der Waals surface area (Å²) in [5.41, 5.74) is 3.21. The number of ether oxygens (including phenoxy) is 1. The third-order valence-corrected chi connectivity index (χ3v) is 5.19. The Hall–Kier alpha value is -3.25. The maximum Gasteiger partial charge on any atom is 0.253 e. The van der Waals surface area contributed by atoms with E-state index in [0.717, 1.165) is 22.4 Å². The lowest BCUT2D eigenvalue weighted by Gasteiger charge is -2.42. The number of aliphatic hydroxyl groups is 1. The van der Waals surface area contributed by atoms with Gasteiger partial charge in [-0.3, -0.25) is 14.8 Å². The summed E-state index contributed by atoms with van der Waals surface area (Å²) in [6.07, 6.45) is 3.95. The molecule has 0 saturated carbocycles. The minimum absolute atomic E-state index is 0.295. The molecule has 6 nitrogen and oxygen atoms in total. The summed E-state index contributed by atoms with van der Waals surface area (Å²) < 4.78 is 6.04. The van der Waals surface area contributed by atoms with E-state index in [0.29, 0.717) is 11.3 Å². The van der Waals surface area contributed by atoms with Crippen LogP contribution in [0.3, 0.4) is 0 Å². The van der Waals surface area contributed by atoms with Gasteiger partial charge in [0.05, 0.1) is 11.6 Å². The van der Waals surface area contributed by atoms with Gasteiger partial charge in [0, 0.05) is 29.8 Å². The first kappa shape index (κ1) is 19.1. The molecule has 1 aliphatic heterocycles. The van der Waals surface area contributed by atoms with Crippen molar-refractivity contribution in [3.8, 4) is 16.9 Å². The largest absolute Gasteiger partial charge is 0.485 e. The molecule has 6 heteroatoms. The van der Waals surface area contributed by atoms with Gasteiger partial charge in [-0.1, -0.05) is 6.07 Å². The standard InChI is InChI=1S/C23H23N3O3/c1-14-11-16(8-10-25-14)15-6-7-19-18(12-15)20(21(27)23(2,3)29-19)26-22(28)17-5-4-9-24-13-17/h4-13,20-21,27H,1-3H3,(H,26,28). The molecule has 1 aliphatic rings. The summed E-state index contributed by atoms with van der Waals surface area (Å²) >= 11 is 0. The highest BCUT2D eigenvalue weighted by Crippen LogP contribution is 2.41. The smallest absolute Gasteiger partial charge is 0.253 e. The van der Waals surface area contributed by atoms with E-state index in [1.807, 2.05) is 51.1 Å². The third kappa shape index (κ3) is 3.71. The van der Waals surface area contributed by atoms with E-state index >= 15 is 0 Å². The van der Waals surface area contributed by atoms with Crippen LogP contribution in [0.15, 0.2) is 61.1 Å². The third-order valence-electron chi connectivity index (χ3n) is 5.19. The van der Waals surface area contributed by atoms with Gasteiger partial charge in [-0.25, -0.2) is 0 Å². The number of aliphatic hydroxyl groups excluding tert-OH is 1. The molecule has 0 aliphatic carbocycles. The van der Waals surface area contributed by atoms with Gasteiger partial charge >= 0.3 is 0 Å². The molecule has 2 unspecified atom stereocenters. The molecule has 0 saturated heterocycles. The molecule has 0 spiro atoms. The Morgan fingerprint density at radius 2 is 1.93 bits per heavy atom. The van der Waals surface area contributed by atoms with Crippen LogP contribution < -0.4 is 10.1 Å². The van der Waals surface area contributed by atoms with Gasteiger partial charge in [-0.05, 0) is 68.3 Å². The van der Waals surface area contributed by atoms with Gasteiger partial charge < -0.3 is 15.2 Å². The Morgan fingerprint density at radius 3 is 2.66 bits per heavy atom. The molecule has 0 radical (unpaired) electrons. The average molecular weight is 389 g/mol. The van der Waals surface area contributed by atoms with E-state index in [1.165, 1.54) is 6.20 Å². The highest BCUT2D eigenvalue weighted by Gasteiger charge is 2.43.